The molecule has 0 bridgehead atoms. The van der Waals surface area contributed by atoms with Gasteiger partial charge < -0.3 is 14.2 Å². The van der Waals surface area contributed by atoms with Crippen LogP contribution >= 0.6 is 0 Å². The highest BCUT2D eigenvalue weighted by Crippen LogP contribution is 2.25. The number of rotatable bonds is 5. The lowest BCUT2D eigenvalue weighted by Gasteiger charge is -2.37. The SMILES string of the molecule is CC1CN(CCC2CCN(c3nc(C(C)C)no3)CC2)CC(C)O1. The van der Waals surface area contributed by atoms with Gasteiger partial charge >= 0.3 is 6.01 Å². The Labute approximate surface area is 145 Å². The van der Waals surface area contributed by atoms with Crippen molar-refractivity contribution in [3.05, 3.63) is 5.82 Å². The van der Waals surface area contributed by atoms with Crippen LogP contribution in [0.5, 0.6) is 0 Å². The molecule has 2 fully saturated rings. The van der Waals surface area contributed by atoms with Crippen molar-refractivity contribution in [3.8, 4) is 0 Å². The van der Waals surface area contributed by atoms with Crippen molar-refractivity contribution in [2.24, 2.45) is 5.92 Å². The molecule has 2 atom stereocenters. The zero-order valence-electron chi connectivity index (χ0n) is 15.6. The van der Waals surface area contributed by atoms with Gasteiger partial charge in [-0.2, -0.15) is 4.98 Å². The Morgan fingerprint density at radius 3 is 2.38 bits per heavy atom. The van der Waals surface area contributed by atoms with Crippen LogP contribution in [0.25, 0.3) is 0 Å². The van der Waals surface area contributed by atoms with E-state index < -0.39 is 0 Å². The Morgan fingerprint density at radius 1 is 1.12 bits per heavy atom. The molecule has 1 aromatic heterocycles. The normalized spacial score (nSPS) is 27.1. The minimum Gasteiger partial charge on any atom is -0.373 e. The number of nitrogens with zero attached hydrogens (tertiary/aromatic N) is 4. The minimum absolute atomic E-state index is 0.318. The Hall–Kier alpha value is -1.14. The van der Waals surface area contributed by atoms with Gasteiger partial charge in [0, 0.05) is 32.1 Å². The lowest BCUT2D eigenvalue weighted by molar-refractivity contribution is -0.0691. The predicted molar refractivity (Wildman–Crippen MR) is 94.4 cm³/mol. The first-order chi connectivity index (χ1) is 11.5. The molecule has 0 aromatic carbocycles. The number of morpholine rings is 1. The number of piperidine rings is 1. The maximum absolute atomic E-state index is 5.82. The van der Waals surface area contributed by atoms with Crippen molar-refractivity contribution >= 4 is 6.01 Å². The molecule has 2 saturated heterocycles. The molecule has 0 N–H and O–H groups in total. The van der Waals surface area contributed by atoms with Gasteiger partial charge in [-0.1, -0.05) is 19.0 Å². The zero-order valence-corrected chi connectivity index (χ0v) is 15.6. The molecule has 136 valence electrons. The molecule has 0 spiro atoms. The standard InChI is InChI=1S/C18H32N4O2/c1-13(2)17-19-18(24-20-17)22-9-6-16(7-10-22)5-8-21-11-14(3)23-15(4)12-21/h13-16H,5-12H2,1-4H3. The van der Waals surface area contributed by atoms with Crippen LogP contribution in [0.3, 0.4) is 0 Å². The van der Waals surface area contributed by atoms with E-state index in [1.165, 1.54) is 25.8 Å². The molecule has 0 aliphatic carbocycles. The average Bonchev–Trinajstić information content (AvgIpc) is 3.03. The van der Waals surface area contributed by atoms with Gasteiger partial charge in [0.25, 0.3) is 0 Å². The molecule has 2 aliphatic heterocycles. The maximum Gasteiger partial charge on any atom is 0.324 e. The van der Waals surface area contributed by atoms with E-state index in [9.17, 15) is 0 Å². The number of hydrogen-bond donors (Lipinski definition) is 0. The second-order valence-electron chi connectivity index (χ2n) is 7.83. The summed E-state index contributed by atoms with van der Waals surface area (Å²) >= 11 is 0. The Kier molecular flexibility index (Phi) is 5.76. The lowest BCUT2D eigenvalue weighted by Crippen LogP contribution is -2.46. The quantitative estimate of drug-likeness (QED) is 0.824. The summed E-state index contributed by atoms with van der Waals surface area (Å²) < 4.78 is 11.2. The Bertz CT molecular complexity index is 501. The van der Waals surface area contributed by atoms with E-state index in [0.717, 1.165) is 37.9 Å². The van der Waals surface area contributed by atoms with Crippen LogP contribution < -0.4 is 4.90 Å². The summed E-state index contributed by atoms with van der Waals surface area (Å²) in [6.45, 7) is 13.9. The van der Waals surface area contributed by atoms with Gasteiger partial charge in [0.2, 0.25) is 0 Å². The Morgan fingerprint density at radius 2 is 1.79 bits per heavy atom. The molecule has 3 heterocycles. The molecule has 1 aromatic rings. The van der Waals surface area contributed by atoms with E-state index in [1.807, 2.05) is 0 Å². The van der Waals surface area contributed by atoms with Gasteiger partial charge in [0.15, 0.2) is 5.82 Å². The third kappa shape index (κ3) is 4.48. The molecular formula is C18H32N4O2. The fourth-order valence-electron chi connectivity index (χ4n) is 3.83. The van der Waals surface area contributed by atoms with Crippen LogP contribution in [0.2, 0.25) is 0 Å². The molecular weight excluding hydrogens is 304 g/mol. The van der Waals surface area contributed by atoms with Crippen LogP contribution in [0.4, 0.5) is 6.01 Å². The van der Waals surface area contributed by atoms with Crippen molar-refractivity contribution in [2.75, 3.05) is 37.6 Å². The van der Waals surface area contributed by atoms with E-state index in [2.05, 4.69) is 47.6 Å². The largest absolute Gasteiger partial charge is 0.373 e. The molecule has 3 rings (SSSR count). The highest BCUT2D eigenvalue weighted by molar-refractivity contribution is 5.26. The summed E-state index contributed by atoms with van der Waals surface area (Å²) in [7, 11) is 0. The Balaban J connectivity index is 1.42. The first-order valence-corrected chi connectivity index (χ1v) is 9.47. The second kappa shape index (κ2) is 7.83. The zero-order chi connectivity index (χ0) is 17.1. The number of hydrogen-bond acceptors (Lipinski definition) is 6. The van der Waals surface area contributed by atoms with Gasteiger partial charge in [-0.3, -0.25) is 4.90 Å². The van der Waals surface area contributed by atoms with E-state index in [1.54, 1.807) is 0 Å². The van der Waals surface area contributed by atoms with Crippen molar-refractivity contribution in [2.45, 2.75) is 65.1 Å². The first kappa shape index (κ1) is 17.7. The topological polar surface area (TPSA) is 54.6 Å². The number of anilines is 1. The summed E-state index contributed by atoms with van der Waals surface area (Å²) in [5.41, 5.74) is 0. The van der Waals surface area contributed by atoms with Crippen LogP contribution in [-0.2, 0) is 4.74 Å². The van der Waals surface area contributed by atoms with Crippen LogP contribution in [0.1, 0.15) is 58.7 Å². The number of ether oxygens (including phenoxy) is 1. The smallest absolute Gasteiger partial charge is 0.324 e. The van der Waals surface area contributed by atoms with Gasteiger partial charge in [-0.15, -0.1) is 0 Å². The third-order valence-corrected chi connectivity index (χ3v) is 5.18. The lowest BCUT2D eigenvalue weighted by atomic mass is 9.93. The van der Waals surface area contributed by atoms with Gasteiger partial charge in [0.05, 0.1) is 12.2 Å². The monoisotopic (exact) mass is 336 g/mol. The van der Waals surface area contributed by atoms with Crippen molar-refractivity contribution in [1.29, 1.82) is 0 Å². The van der Waals surface area contributed by atoms with Gasteiger partial charge in [-0.05, 0) is 45.6 Å². The second-order valence-corrected chi connectivity index (χ2v) is 7.83. The molecule has 6 nitrogen and oxygen atoms in total. The van der Waals surface area contributed by atoms with E-state index in [0.29, 0.717) is 24.1 Å². The van der Waals surface area contributed by atoms with Crippen LogP contribution in [0.15, 0.2) is 4.52 Å². The molecule has 2 unspecified atom stereocenters. The highest BCUT2D eigenvalue weighted by Gasteiger charge is 2.26. The summed E-state index contributed by atoms with van der Waals surface area (Å²) in [6, 6.07) is 0.702. The van der Waals surface area contributed by atoms with E-state index >= 15 is 0 Å². The molecule has 6 heteroatoms. The van der Waals surface area contributed by atoms with Crippen molar-refractivity contribution in [1.82, 2.24) is 15.0 Å². The first-order valence-electron chi connectivity index (χ1n) is 9.47. The molecule has 0 radical (unpaired) electrons. The van der Waals surface area contributed by atoms with Gasteiger partial charge in [0.1, 0.15) is 0 Å². The van der Waals surface area contributed by atoms with E-state index in [4.69, 9.17) is 9.26 Å². The molecule has 0 amide bonds. The third-order valence-electron chi connectivity index (χ3n) is 5.18. The molecule has 0 saturated carbocycles. The highest BCUT2D eigenvalue weighted by atomic mass is 16.5. The fourth-order valence-corrected chi connectivity index (χ4v) is 3.83. The molecule has 2 aliphatic rings. The maximum atomic E-state index is 5.82. The summed E-state index contributed by atoms with van der Waals surface area (Å²) in [6.07, 6.45) is 4.45. The molecule has 24 heavy (non-hydrogen) atoms. The van der Waals surface area contributed by atoms with Crippen LogP contribution in [0, 0.1) is 5.92 Å². The predicted octanol–water partition coefficient (Wildman–Crippen LogP) is 2.91. The number of aromatic nitrogens is 2. The summed E-state index contributed by atoms with van der Waals surface area (Å²) in [5, 5.41) is 4.08. The van der Waals surface area contributed by atoms with Gasteiger partial charge in [-0.25, -0.2) is 0 Å². The fraction of sp³-hybridized carbons (Fsp3) is 0.889. The van der Waals surface area contributed by atoms with Crippen molar-refractivity contribution in [3.63, 3.8) is 0 Å². The van der Waals surface area contributed by atoms with Crippen molar-refractivity contribution < 1.29 is 9.26 Å². The van der Waals surface area contributed by atoms with E-state index in [-0.39, 0.29) is 0 Å². The minimum atomic E-state index is 0.318. The summed E-state index contributed by atoms with van der Waals surface area (Å²) in [4.78, 5) is 9.33. The van der Waals surface area contributed by atoms with Crippen LogP contribution in [-0.4, -0.2) is 60.0 Å². The average molecular weight is 336 g/mol. The summed E-state index contributed by atoms with van der Waals surface area (Å²) in [5.74, 6) is 1.93.